The molecular formula is C13H16N2O3. The smallest absolute Gasteiger partial charge is 0.274 e. The second-order valence-electron chi connectivity index (χ2n) is 4.79. The first-order valence-electron chi connectivity index (χ1n) is 6.29. The molecule has 1 aromatic rings. The molecule has 0 radical (unpaired) electrons. The van der Waals surface area contributed by atoms with Crippen LogP contribution in [0.1, 0.15) is 35.6 Å². The Balaban J connectivity index is 2.29. The quantitative estimate of drug-likeness (QED) is 0.778. The molecule has 0 spiro atoms. The van der Waals surface area contributed by atoms with Crippen LogP contribution in [0.15, 0.2) is 10.9 Å². The van der Waals surface area contributed by atoms with Crippen molar-refractivity contribution in [2.24, 2.45) is 0 Å². The third kappa shape index (κ3) is 1.33. The molecule has 0 fully saturated rings. The van der Waals surface area contributed by atoms with Crippen molar-refractivity contribution < 1.29 is 9.53 Å². The van der Waals surface area contributed by atoms with Crippen LogP contribution in [0, 0.1) is 0 Å². The van der Waals surface area contributed by atoms with Gasteiger partial charge in [0.1, 0.15) is 0 Å². The number of hydrogen-bond donors (Lipinski definition) is 0. The summed E-state index contributed by atoms with van der Waals surface area (Å²) in [4.78, 5) is 26.1. The predicted molar refractivity (Wildman–Crippen MR) is 66.2 cm³/mol. The van der Waals surface area contributed by atoms with Gasteiger partial charge in [0, 0.05) is 24.8 Å². The first-order valence-corrected chi connectivity index (χ1v) is 6.29. The third-order valence-corrected chi connectivity index (χ3v) is 3.89. The molecule has 5 heteroatoms. The summed E-state index contributed by atoms with van der Waals surface area (Å²) in [6.45, 7) is 3.36. The van der Waals surface area contributed by atoms with E-state index >= 15 is 0 Å². The van der Waals surface area contributed by atoms with Crippen LogP contribution in [0.5, 0.6) is 5.75 Å². The maximum atomic E-state index is 12.4. The van der Waals surface area contributed by atoms with Crippen molar-refractivity contribution >= 4 is 5.91 Å². The molecule has 18 heavy (non-hydrogen) atoms. The first kappa shape index (κ1) is 11.3. The molecule has 0 aliphatic carbocycles. The lowest BCUT2D eigenvalue weighted by molar-refractivity contribution is 0.0677. The number of carbonyl (C=O) groups is 1. The summed E-state index contributed by atoms with van der Waals surface area (Å²) < 4.78 is 7.17. The highest BCUT2D eigenvalue weighted by molar-refractivity contribution is 5.96. The number of rotatable bonds is 2. The summed E-state index contributed by atoms with van der Waals surface area (Å²) >= 11 is 0. The van der Waals surface area contributed by atoms with Crippen LogP contribution >= 0.6 is 0 Å². The fourth-order valence-electron chi connectivity index (χ4n) is 3.04. The van der Waals surface area contributed by atoms with E-state index in [-0.39, 0.29) is 17.1 Å². The minimum atomic E-state index is -0.189. The largest absolute Gasteiger partial charge is 0.491 e. The minimum absolute atomic E-state index is 0.0912. The van der Waals surface area contributed by atoms with Crippen LogP contribution in [0.25, 0.3) is 0 Å². The van der Waals surface area contributed by atoms with E-state index in [1.807, 2.05) is 11.5 Å². The lowest BCUT2D eigenvalue weighted by Gasteiger charge is -2.34. The fourth-order valence-corrected chi connectivity index (χ4v) is 3.04. The molecule has 1 amide bonds. The van der Waals surface area contributed by atoms with Gasteiger partial charge in [-0.2, -0.15) is 0 Å². The van der Waals surface area contributed by atoms with Crippen LogP contribution in [-0.4, -0.2) is 35.6 Å². The van der Waals surface area contributed by atoms with Gasteiger partial charge in [-0.3, -0.25) is 9.59 Å². The molecule has 2 aliphatic rings. The highest BCUT2D eigenvalue weighted by Crippen LogP contribution is 2.35. The third-order valence-electron chi connectivity index (χ3n) is 3.89. The van der Waals surface area contributed by atoms with E-state index in [4.69, 9.17) is 4.74 Å². The topological polar surface area (TPSA) is 51.5 Å². The average Bonchev–Trinajstić information content (AvgIpc) is 2.76. The van der Waals surface area contributed by atoms with Crippen molar-refractivity contribution in [3.8, 4) is 5.75 Å². The summed E-state index contributed by atoms with van der Waals surface area (Å²) in [5.74, 6) is 0.0975. The lowest BCUT2D eigenvalue weighted by atomic mass is 10.1. The molecule has 0 N–H and O–H groups in total. The van der Waals surface area contributed by atoms with Gasteiger partial charge in [0.2, 0.25) is 5.43 Å². The van der Waals surface area contributed by atoms with Crippen LogP contribution in [0.2, 0.25) is 0 Å². The fraction of sp³-hybridized carbons (Fsp3) is 0.538. The van der Waals surface area contributed by atoms with Crippen LogP contribution in [0.4, 0.5) is 0 Å². The van der Waals surface area contributed by atoms with E-state index in [1.165, 1.54) is 7.11 Å². The Kier molecular flexibility index (Phi) is 2.43. The maximum Gasteiger partial charge on any atom is 0.274 e. The molecule has 0 saturated carbocycles. The molecule has 0 bridgehead atoms. The zero-order valence-electron chi connectivity index (χ0n) is 10.6. The van der Waals surface area contributed by atoms with Crippen molar-refractivity contribution in [2.75, 3.05) is 20.2 Å². The highest BCUT2D eigenvalue weighted by Gasteiger charge is 2.37. The van der Waals surface area contributed by atoms with Gasteiger partial charge in [0.05, 0.1) is 13.2 Å². The van der Waals surface area contributed by atoms with Crippen molar-refractivity contribution in [3.05, 3.63) is 27.7 Å². The Labute approximate surface area is 105 Å². The Morgan fingerprint density at radius 1 is 1.44 bits per heavy atom. The molecule has 1 aromatic heterocycles. The lowest BCUT2D eigenvalue weighted by Crippen LogP contribution is -2.43. The zero-order valence-corrected chi connectivity index (χ0v) is 10.6. The SMILES string of the molecule is CCN1C[C@H]2CCc3cc(=O)c(OC)c(n32)C1=O. The van der Waals surface area contributed by atoms with Gasteiger partial charge in [-0.25, -0.2) is 0 Å². The summed E-state index contributed by atoms with van der Waals surface area (Å²) in [5, 5.41) is 0. The Bertz CT molecular complexity index is 576. The average molecular weight is 248 g/mol. The second kappa shape index (κ2) is 3.86. The molecule has 0 unspecified atom stereocenters. The van der Waals surface area contributed by atoms with E-state index in [2.05, 4.69) is 0 Å². The number of hydrogen-bond acceptors (Lipinski definition) is 3. The second-order valence-corrected chi connectivity index (χ2v) is 4.79. The van der Waals surface area contributed by atoms with E-state index in [1.54, 1.807) is 11.0 Å². The standard InChI is InChI=1S/C13H16N2O3/c1-3-14-7-9-5-4-8-6-10(16)12(18-2)11(13(14)17)15(8)9/h6,9H,3-5,7H2,1-2H3/t9-/m1/s1. The van der Waals surface area contributed by atoms with Crippen molar-refractivity contribution in [3.63, 3.8) is 0 Å². The number of aromatic nitrogens is 1. The number of methoxy groups -OCH3 is 1. The molecule has 0 saturated heterocycles. The summed E-state index contributed by atoms with van der Waals surface area (Å²) in [7, 11) is 1.45. The number of aryl methyl sites for hydroxylation is 1. The van der Waals surface area contributed by atoms with Gasteiger partial charge >= 0.3 is 0 Å². The van der Waals surface area contributed by atoms with Gasteiger partial charge in [-0.1, -0.05) is 0 Å². The van der Waals surface area contributed by atoms with Crippen LogP contribution in [-0.2, 0) is 6.42 Å². The molecule has 5 nitrogen and oxygen atoms in total. The Morgan fingerprint density at radius 3 is 2.89 bits per heavy atom. The zero-order chi connectivity index (χ0) is 12.9. The Hall–Kier alpha value is -1.78. The molecule has 3 rings (SSSR count). The van der Waals surface area contributed by atoms with Gasteiger partial charge in [0.15, 0.2) is 11.4 Å². The van der Waals surface area contributed by atoms with E-state index < -0.39 is 0 Å². The summed E-state index contributed by atoms with van der Waals surface area (Å²) in [5.41, 5.74) is 1.21. The van der Waals surface area contributed by atoms with Gasteiger partial charge in [-0.05, 0) is 19.8 Å². The summed E-state index contributed by atoms with van der Waals surface area (Å²) in [6, 6.07) is 1.90. The van der Waals surface area contributed by atoms with Gasteiger partial charge in [-0.15, -0.1) is 0 Å². The summed E-state index contributed by atoms with van der Waals surface area (Å²) in [6.07, 6.45) is 1.85. The number of ether oxygens (including phenoxy) is 1. The van der Waals surface area contributed by atoms with E-state index in [0.29, 0.717) is 18.3 Å². The number of amides is 1. The van der Waals surface area contributed by atoms with Crippen LogP contribution in [0.3, 0.4) is 0 Å². The Morgan fingerprint density at radius 2 is 2.22 bits per heavy atom. The highest BCUT2D eigenvalue weighted by atomic mass is 16.5. The number of likely N-dealkylation sites (N-methyl/N-ethyl adjacent to an activating group) is 1. The van der Waals surface area contributed by atoms with Crippen molar-refractivity contribution in [1.82, 2.24) is 9.47 Å². The van der Waals surface area contributed by atoms with Crippen molar-refractivity contribution in [2.45, 2.75) is 25.8 Å². The molecule has 3 heterocycles. The number of carbonyl (C=O) groups excluding carboxylic acids is 1. The predicted octanol–water partition coefficient (Wildman–Crippen LogP) is 0.820. The minimum Gasteiger partial charge on any atom is -0.491 e. The van der Waals surface area contributed by atoms with Gasteiger partial charge in [0.25, 0.3) is 5.91 Å². The number of pyridine rings is 1. The molecule has 0 aromatic carbocycles. The van der Waals surface area contributed by atoms with Gasteiger partial charge < -0.3 is 14.2 Å². The first-order chi connectivity index (χ1) is 8.67. The van der Waals surface area contributed by atoms with Crippen LogP contribution < -0.4 is 10.2 Å². The maximum absolute atomic E-state index is 12.4. The van der Waals surface area contributed by atoms with Crippen molar-refractivity contribution in [1.29, 1.82) is 0 Å². The molecule has 1 atom stereocenters. The normalized spacial score (nSPS) is 21.1. The molecular weight excluding hydrogens is 232 g/mol. The van der Waals surface area contributed by atoms with E-state index in [9.17, 15) is 9.59 Å². The molecule has 96 valence electrons. The monoisotopic (exact) mass is 248 g/mol. The number of nitrogens with zero attached hydrogens (tertiary/aromatic N) is 2. The van der Waals surface area contributed by atoms with E-state index in [0.717, 1.165) is 25.1 Å². The molecule has 2 aliphatic heterocycles.